The van der Waals surface area contributed by atoms with Crippen LogP contribution in [0, 0.1) is 5.82 Å². The van der Waals surface area contributed by atoms with Gasteiger partial charge in [-0.3, -0.25) is 9.78 Å². The van der Waals surface area contributed by atoms with Gasteiger partial charge < -0.3 is 0 Å². The summed E-state index contributed by atoms with van der Waals surface area (Å²) in [5.74, 6) is -0.591. The van der Waals surface area contributed by atoms with Crippen molar-refractivity contribution in [1.29, 1.82) is 0 Å². The molecule has 2 aromatic heterocycles. The summed E-state index contributed by atoms with van der Waals surface area (Å²) in [6.07, 6.45) is 9.93. The Morgan fingerprint density at radius 3 is 2.79 bits per heavy atom. The average molecular weight is 473 g/mol. The van der Waals surface area contributed by atoms with Crippen molar-refractivity contribution in [3.05, 3.63) is 105 Å². The third-order valence-corrected chi connectivity index (χ3v) is 6.20. The predicted molar refractivity (Wildman–Crippen MR) is 136 cm³/mol. The Morgan fingerprint density at radius 1 is 1.06 bits per heavy atom. The van der Waals surface area contributed by atoms with E-state index in [1.165, 1.54) is 12.1 Å². The minimum atomic E-state index is -0.459. The highest BCUT2D eigenvalue weighted by atomic mass is 35.5. The number of thiol groups is 1. The summed E-state index contributed by atoms with van der Waals surface area (Å²) in [4.78, 5) is 21.0. The van der Waals surface area contributed by atoms with Crippen LogP contribution in [0.3, 0.4) is 0 Å². The van der Waals surface area contributed by atoms with Crippen molar-refractivity contribution in [3.8, 4) is 0 Å². The molecule has 1 aliphatic rings. The number of fused-ring (bicyclic) bond motifs is 3. The second-order valence-electron chi connectivity index (χ2n) is 7.88. The molecule has 33 heavy (non-hydrogen) atoms. The topological polar surface area (TPSA) is 42.9 Å². The van der Waals surface area contributed by atoms with Crippen molar-refractivity contribution in [1.82, 2.24) is 9.97 Å². The maximum Gasteiger partial charge on any atom is 0.186 e. The first-order valence-corrected chi connectivity index (χ1v) is 11.2. The fraction of sp³-hybridized carbons (Fsp3) is 0.0741. The van der Waals surface area contributed by atoms with E-state index in [2.05, 4.69) is 28.7 Å². The Balaban J connectivity index is 1.52. The van der Waals surface area contributed by atoms with E-state index in [0.717, 1.165) is 33.6 Å². The lowest BCUT2D eigenvalue weighted by Gasteiger charge is -2.19. The van der Waals surface area contributed by atoms with Gasteiger partial charge in [-0.1, -0.05) is 54.1 Å². The molecule has 162 valence electrons. The Morgan fingerprint density at radius 2 is 1.94 bits per heavy atom. The number of rotatable bonds is 4. The van der Waals surface area contributed by atoms with Gasteiger partial charge in [0.05, 0.1) is 21.9 Å². The number of nitrogens with zero attached hydrogens (tertiary/aromatic N) is 2. The fourth-order valence-corrected chi connectivity index (χ4v) is 4.49. The van der Waals surface area contributed by atoms with Crippen LogP contribution in [0.4, 0.5) is 4.39 Å². The van der Waals surface area contributed by atoms with Gasteiger partial charge in [0.25, 0.3) is 0 Å². The number of hydrogen-bond donors (Lipinski definition) is 1. The maximum atomic E-state index is 13.7. The Hall–Kier alpha value is -3.28. The molecule has 0 saturated carbocycles. The third kappa shape index (κ3) is 4.47. The summed E-state index contributed by atoms with van der Waals surface area (Å²) in [5.41, 5.74) is 6.31. The van der Waals surface area contributed by atoms with E-state index in [9.17, 15) is 9.18 Å². The highest BCUT2D eigenvalue weighted by molar-refractivity contribution is 7.96. The summed E-state index contributed by atoms with van der Waals surface area (Å²) >= 11 is 9.96. The molecule has 2 aromatic carbocycles. The molecule has 0 amide bonds. The molecule has 1 aliphatic carbocycles. The van der Waals surface area contributed by atoms with Gasteiger partial charge in [-0.2, -0.15) is 0 Å². The summed E-state index contributed by atoms with van der Waals surface area (Å²) < 4.78 is 13.7. The highest BCUT2D eigenvalue weighted by Gasteiger charge is 2.24. The standard InChI is InChI=1S/C27H18ClFN2OS/c28-23-15-26-18(13-24(23)29)6-9-19(31-26)8-4-16-3-5-17-7-10-25-20(2-1-11-30-25)22(14-27(32)33)21(17)12-16/h1-13,15,22H,14H2,(H,32,33)/b8-4+. The van der Waals surface area contributed by atoms with E-state index in [1.54, 1.807) is 6.20 Å². The van der Waals surface area contributed by atoms with Crippen molar-refractivity contribution >= 4 is 64.6 Å². The first-order valence-electron chi connectivity index (χ1n) is 10.4. The molecule has 1 atom stereocenters. The van der Waals surface area contributed by atoms with Crippen LogP contribution in [-0.4, -0.2) is 15.1 Å². The largest absolute Gasteiger partial charge is 0.287 e. The zero-order valence-corrected chi connectivity index (χ0v) is 19.0. The van der Waals surface area contributed by atoms with Crippen molar-refractivity contribution in [2.45, 2.75) is 12.3 Å². The van der Waals surface area contributed by atoms with Gasteiger partial charge in [0.1, 0.15) is 5.82 Å². The molecule has 2 heterocycles. The Bertz CT molecular complexity index is 1460. The van der Waals surface area contributed by atoms with Gasteiger partial charge in [-0.25, -0.2) is 9.37 Å². The van der Waals surface area contributed by atoms with Gasteiger partial charge in [-0.05, 0) is 58.7 Å². The van der Waals surface area contributed by atoms with Crippen molar-refractivity contribution < 1.29 is 9.18 Å². The highest BCUT2D eigenvalue weighted by Crippen LogP contribution is 2.37. The summed E-state index contributed by atoms with van der Waals surface area (Å²) in [5, 5.41) is 0.575. The van der Waals surface area contributed by atoms with E-state index in [0.29, 0.717) is 10.9 Å². The first kappa shape index (κ1) is 21.6. The molecule has 0 spiro atoms. The zero-order chi connectivity index (χ0) is 22.9. The van der Waals surface area contributed by atoms with Crippen LogP contribution in [0.15, 0.2) is 60.8 Å². The summed E-state index contributed by atoms with van der Waals surface area (Å²) in [7, 11) is 0. The predicted octanol–water partition coefficient (Wildman–Crippen LogP) is 7.05. The van der Waals surface area contributed by atoms with Crippen LogP contribution in [-0.2, 0) is 4.79 Å². The van der Waals surface area contributed by atoms with Gasteiger partial charge >= 0.3 is 0 Å². The maximum absolute atomic E-state index is 13.7. The Labute approximate surface area is 201 Å². The van der Waals surface area contributed by atoms with E-state index in [1.807, 2.05) is 60.7 Å². The lowest BCUT2D eigenvalue weighted by molar-refractivity contribution is -0.111. The average Bonchev–Trinajstić information content (AvgIpc) is 2.95. The van der Waals surface area contributed by atoms with Crippen LogP contribution in [0.25, 0.3) is 35.2 Å². The zero-order valence-electron chi connectivity index (χ0n) is 17.4. The van der Waals surface area contributed by atoms with Gasteiger partial charge in [0.2, 0.25) is 0 Å². The molecule has 0 N–H and O–H groups in total. The van der Waals surface area contributed by atoms with Crippen LogP contribution < -0.4 is 0 Å². The fourth-order valence-electron chi connectivity index (χ4n) is 4.15. The second kappa shape index (κ2) is 8.93. The number of aromatic nitrogens is 2. The number of carbonyl (C=O) groups excluding carboxylic acids is 1. The molecular weight excluding hydrogens is 455 g/mol. The van der Waals surface area contributed by atoms with Crippen LogP contribution >= 0.6 is 24.2 Å². The first-order chi connectivity index (χ1) is 16.0. The summed E-state index contributed by atoms with van der Waals surface area (Å²) in [6.45, 7) is 0. The molecule has 3 nitrogen and oxygen atoms in total. The van der Waals surface area contributed by atoms with Crippen LogP contribution in [0.1, 0.15) is 46.0 Å². The van der Waals surface area contributed by atoms with E-state index >= 15 is 0 Å². The lowest BCUT2D eigenvalue weighted by atomic mass is 9.86. The number of halogens is 2. The van der Waals surface area contributed by atoms with Crippen LogP contribution in [0.5, 0.6) is 0 Å². The molecule has 0 radical (unpaired) electrons. The Kier molecular flexibility index (Phi) is 5.83. The lowest BCUT2D eigenvalue weighted by Crippen LogP contribution is -2.08. The van der Waals surface area contributed by atoms with Crippen molar-refractivity contribution in [2.24, 2.45) is 0 Å². The molecule has 0 saturated heterocycles. The number of hydrogen-bond acceptors (Lipinski definition) is 3. The molecule has 0 bridgehead atoms. The molecule has 6 heteroatoms. The van der Waals surface area contributed by atoms with Gasteiger partial charge in [0, 0.05) is 23.9 Å². The smallest absolute Gasteiger partial charge is 0.186 e. The number of carbonyl (C=O) groups is 1. The molecule has 1 unspecified atom stereocenters. The molecule has 4 aromatic rings. The van der Waals surface area contributed by atoms with Crippen molar-refractivity contribution in [3.63, 3.8) is 0 Å². The molecule has 0 aliphatic heterocycles. The normalized spacial score (nSPS) is 14.8. The van der Waals surface area contributed by atoms with Crippen molar-refractivity contribution in [2.75, 3.05) is 0 Å². The van der Waals surface area contributed by atoms with Gasteiger partial charge in [-0.15, -0.1) is 12.6 Å². The minimum absolute atomic E-state index is 0.0505. The SMILES string of the molecule is O=C(S)CC1c2cc(/C=C/c3ccc4cc(F)c(Cl)cc4n3)ccc2C=Cc2ncccc21. The molecule has 0 fully saturated rings. The van der Waals surface area contributed by atoms with E-state index < -0.39 is 5.82 Å². The number of pyridine rings is 2. The second-order valence-corrected chi connectivity index (χ2v) is 8.78. The van der Waals surface area contributed by atoms with Crippen LogP contribution in [0.2, 0.25) is 5.02 Å². The quantitative estimate of drug-likeness (QED) is 0.323. The van der Waals surface area contributed by atoms with Gasteiger partial charge in [0.15, 0.2) is 5.12 Å². The number of benzene rings is 2. The molecule has 5 rings (SSSR count). The summed E-state index contributed by atoms with van der Waals surface area (Å²) in [6, 6.07) is 16.6. The van der Waals surface area contributed by atoms with E-state index in [4.69, 9.17) is 11.6 Å². The monoisotopic (exact) mass is 472 g/mol. The minimum Gasteiger partial charge on any atom is -0.287 e. The van der Waals surface area contributed by atoms with E-state index in [-0.39, 0.29) is 22.5 Å². The third-order valence-electron chi connectivity index (χ3n) is 5.73. The molecular formula is C27H18ClFN2OS.